The van der Waals surface area contributed by atoms with Gasteiger partial charge in [0.05, 0.1) is 19.8 Å². The van der Waals surface area contributed by atoms with Crippen molar-refractivity contribution in [2.75, 3.05) is 40.3 Å². The minimum atomic E-state index is -0.796. The minimum Gasteiger partial charge on any atom is -0.382 e. The number of carbonyl (C=O) groups excluding carboxylic acids is 3. The van der Waals surface area contributed by atoms with Crippen LogP contribution in [0.5, 0.6) is 0 Å². The molecule has 0 rings (SSSR count). The van der Waals surface area contributed by atoms with Crippen LogP contribution in [0.3, 0.4) is 0 Å². The smallest absolute Gasteiger partial charge is 0.244 e. The van der Waals surface area contributed by atoms with Gasteiger partial charge in [-0.15, -0.1) is 0 Å². The Balaban J connectivity index is 4.75. The fourth-order valence-corrected chi connectivity index (χ4v) is 2.72. The summed E-state index contributed by atoms with van der Waals surface area (Å²) in [5.41, 5.74) is 1.01. The van der Waals surface area contributed by atoms with Gasteiger partial charge < -0.3 is 24.8 Å². The van der Waals surface area contributed by atoms with E-state index in [0.717, 1.165) is 0 Å². The van der Waals surface area contributed by atoms with Crippen molar-refractivity contribution in [3.63, 3.8) is 0 Å². The fourth-order valence-electron chi connectivity index (χ4n) is 2.72. The van der Waals surface area contributed by atoms with Gasteiger partial charge in [0.15, 0.2) is 0 Å². The number of rotatable bonds is 15. The van der Waals surface area contributed by atoms with E-state index in [0.29, 0.717) is 19.6 Å². The summed E-state index contributed by atoms with van der Waals surface area (Å²) < 4.78 is 15.3. The van der Waals surface area contributed by atoms with Crippen molar-refractivity contribution in [1.82, 2.24) is 16.1 Å². The maximum absolute atomic E-state index is 12.8. The van der Waals surface area contributed by atoms with Gasteiger partial charge in [-0.1, -0.05) is 34.6 Å². The molecule has 0 aliphatic carbocycles. The van der Waals surface area contributed by atoms with Crippen LogP contribution in [0.2, 0.25) is 0 Å². The molecule has 0 radical (unpaired) electrons. The van der Waals surface area contributed by atoms with Gasteiger partial charge in [0.25, 0.3) is 0 Å². The Kier molecular flexibility index (Phi) is 14.2. The van der Waals surface area contributed by atoms with Crippen molar-refractivity contribution in [2.24, 2.45) is 17.3 Å². The lowest BCUT2D eigenvalue weighted by Crippen LogP contribution is -2.55. The average molecular weight is 434 g/mol. The summed E-state index contributed by atoms with van der Waals surface area (Å²) in [5, 5.41) is 14.3. The van der Waals surface area contributed by atoms with Crippen LogP contribution in [0.25, 0.3) is 0 Å². The lowest BCUT2D eigenvalue weighted by atomic mass is 9.85. The number of carbonyl (C=O) groups is 3. The van der Waals surface area contributed by atoms with E-state index < -0.39 is 29.2 Å². The van der Waals surface area contributed by atoms with Crippen molar-refractivity contribution in [3.8, 4) is 0 Å². The molecule has 30 heavy (non-hydrogen) atoms. The maximum Gasteiger partial charge on any atom is 0.244 e. The molecular weight excluding hydrogens is 394 g/mol. The van der Waals surface area contributed by atoms with Crippen molar-refractivity contribution < 1.29 is 33.8 Å². The average Bonchev–Trinajstić information content (AvgIpc) is 2.65. The second-order valence-corrected chi connectivity index (χ2v) is 8.59. The lowest BCUT2D eigenvalue weighted by molar-refractivity contribution is -0.137. The third-order valence-corrected chi connectivity index (χ3v) is 4.24. The van der Waals surface area contributed by atoms with Crippen LogP contribution in [0.4, 0.5) is 0 Å². The van der Waals surface area contributed by atoms with E-state index in [-0.39, 0.29) is 38.2 Å². The van der Waals surface area contributed by atoms with Crippen LogP contribution >= 0.6 is 0 Å². The van der Waals surface area contributed by atoms with Crippen LogP contribution in [0.15, 0.2) is 0 Å². The lowest BCUT2D eigenvalue weighted by Gasteiger charge is -2.32. The van der Waals surface area contributed by atoms with Crippen molar-refractivity contribution in [2.45, 2.75) is 53.5 Å². The van der Waals surface area contributed by atoms with Gasteiger partial charge in [0, 0.05) is 26.0 Å². The summed E-state index contributed by atoms with van der Waals surface area (Å²) >= 11 is 0. The Morgan fingerprint density at radius 2 is 1.63 bits per heavy atom. The number of amides is 3. The number of hydrogen-bond donors (Lipinski definition) is 4. The van der Waals surface area contributed by atoms with Gasteiger partial charge in [-0.2, -0.15) is 0 Å². The Bertz CT molecular complexity index is 521. The van der Waals surface area contributed by atoms with Gasteiger partial charge in [0.2, 0.25) is 17.7 Å². The normalized spacial score (nSPS) is 13.6. The molecule has 2 atom stereocenters. The first kappa shape index (κ1) is 28.2. The first-order valence-electron chi connectivity index (χ1n) is 10.2. The molecule has 4 N–H and O–H groups in total. The predicted octanol–water partition coefficient (Wildman–Crippen LogP) is 0.828. The molecule has 0 aromatic rings. The molecule has 0 aliphatic rings. The quantitative estimate of drug-likeness (QED) is 0.130. The highest BCUT2D eigenvalue weighted by molar-refractivity contribution is 5.91. The Hall–Kier alpha value is -1.75. The maximum atomic E-state index is 12.8. The minimum absolute atomic E-state index is 0.0997. The van der Waals surface area contributed by atoms with E-state index in [4.69, 9.17) is 19.4 Å². The molecule has 0 saturated carbocycles. The summed E-state index contributed by atoms with van der Waals surface area (Å²) in [6.45, 7) is 10.9. The zero-order valence-corrected chi connectivity index (χ0v) is 19.1. The van der Waals surface area contributed by atoms with Crippen LogP contribution in [-0.4, -0.2) is 69.2 Å². The highest BCUT2D eigenvalue weighted by Gasteiger charge is 2.35. The number of methoxy groups -OCH3 is 1. The number of ether oxygens (including phenoxy) is 3. The summed E-state index contributed by atoms with van der Waals surface area (Å²) in [4.78, 5) is 37.0. The van der Waals surface area contributed by atoms with Gasteiger partial charge in [-0.05, 0) is 17.8 Å². The van der Waals surface area contributed by atoms with E-state index in [1.54, 1.807) is 12.6 Å². The molecule has 0 aromatic heterocycles. The zero-order valence-electron chi connectivity index (χ0n) is 19.1. The Morgan fingerprint density at radius 3 is 2.17 bits per heavy atom. The van der Waals surface area contributed by atoms with Gasteiger partial charge in [-0.25, -0.2) is 5.48 Å². The first-order chi connectivity index (χ1) is 14.0. The molecule has 10 nitrogen and oxygen atoms in total. The zero-order chi connectivity index (χ0) is 23.2. The van der Waals surface area contributed by atoms with Gasteiger partial charge >= 0.3 is 0 Å². The molecule has 0 unspecified atom stereocenters. The summed E-state index contributed by atoms with van der Waals surface area (Å²) in [7, 11) is 1.58. The van der Waals surface area contributed by atoms with E-state index in [9.17, 15) is 14.4 Å². The van der Waals surface area contributed by atoms with Crippen molar-refractivity contribution in [1.29, 1.82) is 0 Å². The molecule has 10 heteroatoms. The van der Waals surface area contributed by atoms with E-state index in [1.165, 1.54) is 0 Å². The number of hydrogen-bond acceptors (Lipinski definition) is 7. The second kappa shape index (κ2) is 15.1. The summed E-state index contributed by atoms with van der Waals surface area (Å²) in [5.74, 6) is -1.86. The predicted molar refractivity (Wildman–Crippen MR) is 111 cm³/mol. The molecule has 176 valence electrons. The second-order valence-electron chi connectivity index (χ2n) is 8.59. The van der Waals surface area contributed by atoms with Crippen molar-refractivity contribution in [3.05, 3.63) is 0 Å². The molecule has 3 amide bonds. The molecule has 0 heterocycles. The fraction of sp³-hybridized carbons (Fsp3) is 0.850. The number of hydroxylamine groups is 1. The third-order valence-electron chi connectivity index (χ3n) is 4.24. The number of nitrogens with one attached hydrogen (secondary N) is 3. The summed E-state index contributed by atoms with van der Waals surface area (Å²) in [6.07, 6.45) is 0.296. The van der Waals surface area contributed by atoms with E-state index >= 15 is 0 Å². The van der Waals surface area contributed by atoms with Crippen LogP contribution in [0, 0.1) is 17.3 Å². The molecule has 0 bridgehead atoms. The molecular formula is C20H39N3O7. The van der Waals surface area contributed by atoms with Crippen molar-refractivity contribution >= 4 is 17.7 Å². The molecule has 0 fully saturated rings. The molecule has 0 aliphatic heterocycles. The highest BCUT2D eigenvalue weighted by Crippen LogP contribution is 2.22. The topological polar surface area (TPSA) is 135 Å². The molecule has 0 spiro atoms. The standard InChI is InChI=1S/C20H39N3O7/c1-14(2)11-15(12-16(24)23-27)18(25)22-17(20(3,4)5)19(26)21-7-8-29-13-30-10-9-28-6/h14-15,17,27H,7-13H2,1-6H3,(H,21,26)(H,22,25)(H,23,24)/t15-,17-/m1/s1. The first-order valence-corrected chi connectivity index (χ1v) is 10.2. The summed E-state index contributed by atoms with van der Waals surface area (Å²) in [6, 6.07) is -0.796. The Labute approximate surface area is 179 Å². The van der Waals surface area contributed by atoms with Gasteiger partial charge in [0.1, 0.15) is 12.8 Å². The SMILES string of the molecule is COCCOCOCCNC(=O)[C@@H](NC(=O)[C@@H](CC(=O)NO)CC(C)C)C(C)(C)C. The molecule has 0 aromatic carbocycles. The highest BCUT2D eigenvalue weighted by atomic mass is 16.7. The largest absolute Gasteiger partial charge is 0.382 e. The van der Waals surface area contributed by atoms with Crippen LogP contribution in [-0.2, 0) is 28.6 Å². The van der Waals surface area contributed by atoms with Gasteiger partial charge in [-0.3, -0.25) is 19.6 Å². The monoisotopic (exact) mass is 433 g/mol. The van der Waals surface area contributed by atoms with Crippen LogP contribution in [0.1, 0.15) is 47.5 Å². The molecule has 0 saturated heterocycles. The van der Waals surface area contributed by atoms with E-state index in [2.05, 4.69) is 10.6 Å². The Morgan fingerprint density at radius 1 is 1.00 bits per heavy atom. The van der Waals surface area contributed by atoms with Crippen LogP contribution < -0.4 is 16.1 Å². The third kappa shape index (κ3) is 12.7. The van der Waals surface area contributed by atoms with E-state index in [1.807, 2.05) is 34.6 Å².